The Morgan fingerprint density at radius 1 is 1.31 bits per heavy atom. The van der Waals surface area contributed by atoms with Gasteiger partial charge >= 0.3 is 0 Å². The van der Waals surface area contributed by atoms with Crippen molar-refractivity contribution in [1.29, 1.82) is 0 Å². The highest BCUT2D eigenvalue weighted by Crippen LogP contribution is 2.17. The van der Waals surface area contributed by atoms with Gasteiger partial charge in [0, 0.05) is 32.9 Å². The maximum atomic E-state index is 13.5. The van der Waals surface area contributed by atoms with Crippen molar-refractivity contribution in [3.8, 4) is 0 Å². The predicted molar refractivity (Wildman–Crippen MR) is 110 cm³/mol. The van der Waals surface area contributed by atoms with Gasteiger partial charge in [0.15, 0.2) is 17.6 Å². The van der Waals surface area contributed by atoms with E-state index in [4.69, 9.17) is 4.74 Å². The molecule has 1 aliphatic rings. The molecule has 0 amide bonds. The smallest absolute Gasteiger partial charge is 0.191 e. The van der Waals surface area contributed by atoms with Crippen molar-refractivity contribution in [2.75, 3.05) is 31.6 Å². The van der Waals surface area contributed by atoms with Crippen LogP contribution in [-0.4, -0.2) is 43.8 Å². The third kappa shape index (κ3) is 5.63. The molecule has 6 nitrogen and oxygen atoms in total. The zero-order chi connectivity index (χ0) is 20.8. The number of guanidine groups is 1. The summed E-state index contributed by atoms with van der Waals surface area (Å²) in [6.07, 6.45) is 1.99. The molecule has 1 fully saturated rings. The van der Waals surface area contributed by atoms with Crippen LogP contribution in [0.25, 0.3) is 0 Å². The Morgan fingerprint density at radius 2 is 2.14 bits per heavy atom. The standard InChI is InChI=1S/C21H27F2N5O/c1-14-13-28(8-9-29-14)20-10-16(6-7-25-20)12-26-21(24-3)27-15(2)17-4-5-18(22)19(23)11-17/h4-7,10-11,14-15H,8-9,12-13H2,1-3H3,(H2,24,26,27). The van der Waals surface area contributed by atoms with Crippen LogP contribution >= 0.6 is 0 Å². The molecule has 29 heavy (non-hydrogen) atoms. The number of morpholine rings is 1. The Balaban J connectivity index is 1.59. The summed E-state index contributed by atoms with van der Waals surface area (Å²) in [7, 11) is 1.67. The maximum absolute atomic E-state index is 13.5. The third-order valence-corrected chi connectivity index (χ3v) is 4.86. The molecule has 3 rings (SSSR count). The van der Waals surface area contributed by atoms with Gasteiger partial charge in [0.2, 0.25) is 0 Å². The molecule has 1 aromatic heterocycles. The Hall–Kier alpha value is -2.74. The highest BCUT2D eigenvalue weighted by Gasteiger charge is 2.18. The van der Waals surface area contributed by atoms with Gasteiger partial charge < -0.3 is 20.3 Å². The molecule has 1 aromatic carbocycles. The van der Waals surface area contributed by atoms with Gasteiger partial charge in [0.25, 0.3) is 0 Å². The number of hydrogen-bond acceptors (Lipinski definition) is 4. The average Bonchev–Trinajstić information content (AvgIpc) is 2.73. The molecule has 0 saturated carbocycles. The highest BCUT2D eigenvalue weighted by molar-refractivity contribution is 5.80. The number of hydrogen-bond donors (Lipinski definition) is 2. The van der Waals surface area contributed by atoms with Gasteiger partial charge in [-0.05, 0) is 49.2 Å². The number of halogens is 2. The van der Waals surface area contributed by atoms with E-state index in [-0.39, 0.29) is 12.1 Å². The van der Waals surface area contributed by atoms with Crippen molar-refractivity contribution in [2.24, 2.45) is 4.99 Å². The molecule has 2 N–H and O–H groups in total. The SMILES string of the molecule is CN=C(NCc1ccnc(N2CCOC(C)C2)c1)NC(C)c1ccc(F)c(F)c1. The summed E-state index contributed by atoms with van der Waals surface area (Å²) < 4.78 is 32.2. The number of benzene rings is 1. The molecule has 0 aliphatic carbocycles. The van der Waals surface area contributed by atoms with Crippen LogP contribution in [-0.2, 0) is 11.3 Å². The van der Waals surface area contributed by atoms with Crippen LogP contribution in [0.5, 0.6) is 0 Å². The van der Waals surface area contributed by atoms with Crippen LogP contribution in [0.15, 0.2) is 41.5 Å². The van der Waals surface area contributed by atoms with Gasteiger partial charge in [-0.15, -0.1) is 0 Å². The first-order valence-electron chi connectivity index (χ1n) is 9.70. The molecule has 1 saturated heterocycles. The molecule has 0 radical (unpaired) electrons. The number of pyridine rings is 1. The minimum atomic E-state index is -0.860. The molecule has 156 valence electrons. The molecule has 2 atom stereocenters. The Morgan fingerprint density at radius 3 is 2.86 bits per heavy atom. The van der Waals surface area contributed by atoms with Crippen LogP contribution in [0.4, 0.5) is 14.6 Å². The van der Waals surface area contributed by atoms with Crippen LogP contribution < -0.4 is 15.5 Å². The Bertz CT molecular complexity index is 861. The maximum Gasteiger partial charge on any atom is 0.191 e. The van der Waals surface area contributed by atoms with Gasteiger partial charge in [-0.1, -0.05) is 6.07 Å². The lowest BCUT2D eigenvalue weighted by Gasteiger charge is -2.32. The van der Waals surface area contributed by atoms with Crippen molar-refractivity contribution in [3.63, 3.8) is 0 Å². The first-order chi connectivity index (χ1) is 14.0. The molecule has 2 heterocycles. The molecule has 8 heteroatoms. The van der Waals surface area contributed by atoms with Crippen molar-refractivity contribution in [2.45, 2.75) is 32.5 Å². The predicted octanol–water partition coefficient (Wildman–Crippen LogP) is 3.01. The van der Waals surface area contributed by atoms with E-state index in [1.807, 2.05) is 13.0 Å². The second kappa shape index (κ2) is 9.65. The van der Waals surface area contributed by atoms with Crippen molar-refractivity contribution >= 4 is 11.8 Å². The lowest BCUT2D eigenvalue weighted by molar-refractivity contribution is 0.0529. The minimum Gasteiger partial charge on any atom is -0.375 e. The van der Waals surface area contributed by atoms with Crippen LogP contribution in [0.1, 0.15) is 31.0 Å². The summed E-state index contributed by atoms with van der Waals surface area (Å²) in [6.45, 7) is 6.82. The van der Waals surface area contributed by atoms with E-state index in [1.54, 1.807) is 19.3 Å². The lowest BCUT2D eigenvalue weighted by atomic mass is 10.1. The van der Waals surface area contributed by atoms with E-state index in [0.717, 1.165) is 30.5 Å². The number of aliphatic imine (C=N–C) groups is 1. The Labute approximate surface area is 170 Å². The van der Waals surface area contributed by atoms with Crippen LogP contribution in [0, 0.1) is 11.6 Å². The number of ether oxygens (including phenoxy) is 1. The molecular weight excluding hydrogens is 376 g/mol. The van der Waals surface area contributed by atoms with Gasteiger partial charge in [0.1, 0.15) is 5.82 Å². The summed E-state index contributed by atoms with van der Waals surface area (Å²) in [6, 6.07) is 7.65. The van der Waals surface area contributed by atoms with E-state index < -0.39 is 11.6 Å². The zero-order valence-corrected chi connectivity index (χ0v) is 17.0. The number of rotatable bonds is 5. The van der Waals surface area contributed by atoms with Crippen molar-refractivity contribution in [3.05, 3.63) is 59.3 Å². The van der Waals surface area contributed by atoms with E-state index in [0.29, 0.717) is 24.7 Å². The summed E-state index contributed by atoms with van der Waals surface area (Å²) >= 11 is 0. The molecular formula is C21H27F2N5O. The summed E-state index contributed by atoms with van der Waals surface area (Å²) in [4.78, 5) is 10.9. The minimum absolute atomic E-state index is 0.188. The fourth-order valence-corrected chi connectivity index (χ4v) is 3.22. The van der Waals surface area contributed by atoms with Crippen molar-refractivity contribution in [1.82, 2.24) is 15.6 Å². The van der Waals surface area contributed by atoms with E-state index >= 15 is 0 Å². The first kappa shape index (κ1) is 21.0. The van der Waals surface area contributed by atoms with E-state index in [1.165, 1.54) is 6.07 Å². The van der Waals surface area contributed by atoms with Gasteiger partial charge in [0.05, 0.1) is 18.8 Å². The van der Waals surface area contributed by atoms with Gasteiger partial charge in [-0.25, -0.2) is 13.8 Å². The summed E-state index contributed by atoms with van der Waals surface area (Å²) in [5.41, 5.74) is 1.71. The summed E-state index contributed by atoms with van der Waals surface area (Å²) in [5, 5.41) is 6.44. The largest absolute Gasteiger partial charge is 0.375 e. The number of aromatic nitrogens is 1. The third-order valence-electron chi connectivity index (χ3n) is 4.86. The number of anilines is 1. The van der Waals surface area contributed by atoms with Gasteiger partial charge in [-0.3, -0.25) is 4.99 Å². The normalized spacial score (nSPS) is 18.4. The zero-order valence-electron chi connectivity index (χ0n) is 17.0. The topological polar surface area (TPSA) is 61.8 Å². The highest BCUT2D eigenvalue weighted by atomic mass is 19.2. The fourth-order valence-electron chi connectivity index (χ4n) is 3.22. The number of nitrogens with one attached hydrogen (secondary N) is 2. The molecule has 0 spiro atoms. The Kier molecular flexibility index (Phi) is 6.98. The number of nitrogens with zero attached hydrogens (tertiary/aromatic N) is 3. The lowest BCUT2D eigenvalue weighted by Crippen LogP contribution is -2.41. The van der Waals surface area contributed by atoms with E-state index in [2.05, 4.69) is 38.5 Å². The van der Waals surface area contributed by atoms with Crippen LogP contribution in [0.3, 0.4) is 0 Å². The van der Waals surface area contributed by atoms with Gasteiger partial charge in [-0.2, -0.15) is 0 Å². The van der Waals surface area contributed by atoms with E-state index in [9.17, 15) is 8.78 Å². The average molecular weight is 403 g/mol. The summed E-state index contributed by atoms with van der Waals surface area (Å²) in [5.74, 6) is -0.217. The molecule has 2 unspecified atom stereocenters. The second-order valence-electron chi connectivity index (χ2n) is 7.12. The molecule has 2 aromatic rings. The molecule has 1 aliphatic heterocycles. The first-order valence-corrected chi connectivity index (χ1v) is 9.70. The quantitative estimate of drug-likeness (QED) is 0.594. The second-order valence-corrected chi connectivity index (χ2v) is 7.12. The van der Waals surface area contributed by atoms with Crippen molar-refractivity contribution < 1.29 is 13.5 Å². The molecule has 0 bridgehead atoms. The monoisotopic (exact) mass is 403 g/mol. The fraction of sp³-hybridized carbons (Fsp3) is 0.429. The van der Waals surface area contributed by atoms with Crippen LogP contribution in [0.2, 0.25) is 0 Å².